The Kier molecular flexibility index (Phi) is 4.45. The molecule has 5 nitrogen and oxygen atoms in total. The van der Waals surface area contributed by atoms with Crippen LogP contribution in [0.1, 0.15) is 29.4 Å². The first-order valence-corrected chi connectivity index (χ1v) is 7.53. The zero-order valence-corrected chi connectivity index (χ0v) is 13.2. The predicted molar refractivity (Wildman–Crippen MR) is 81.5 cm³/mol. The van der Waals surface area contributed by atoms with E-state index in [2.05, 4.69) is 4.98 Å². The highest BCUT2D eigenvalue weighted by Crippen LogP contribution is 2.31. The summed E-state index contributed by atoms with van der Waals surface area (Å²) in [6.07, 6.45) is 0.178. The minimum Gasteiger partial charge on any atom is -0.510 e. The van der Waals surface area contributed by atoms with E-state index in [9.17, 15) is 5.11 Å². The SMILES string of the molecule is Cc1nc(C2=C(O)CN(CCOC(C)C)C2=N)sc1C. The van der Waals surface area contributed by atoms with Crippen molar-refractivity contribution in [2.45, 2.75) is 33.8 Å². The Morgan fingerprint density at radius 1 is 1.45 bits per heavy atom. The van der Waals surface area contributed by atoms with Gasteiger partial charge in [0.25, 0.3) is 0 Å². The fourth-order valence-electron chi connectivity index (χ4n) is 2.03. The van der Waals surface area contributed by atoms with Crippen LogP contribution in [0.3, 0.4) is 0 Å². The molecule has 0 radical (unpaired) electrons. The number of aromatic nitrogens is 1. The van der Waals surface area contributed by atoms with Gasteiger partial charge in [0.15, 0.2) is 0 Å². The first kappa shape index (κ1) is 15.0. The third-order valence-corrected chi connectivity index (χ3v) is 4.33. The summed E-state index contributed by atoms with van der Waals surface area (Å²) in [5.41, 5.74) is 1.52. The van der Waals surface area contributed by atoms with Crippen LogP contribution in [0.25, 0.3) is 5.57 Å². The third kappa shape index (κ3) is 3.02. The van der Waals surface area contributed by atoms with Gasteiger partial charge in [0.1, 0.15) is 16.6 Å². The molecule has 0 saturated heterocycles. The van der Waals surface area contributed by atoms with Gasteiger partial charge < -0.3 is 14.7 Å². The van der Waals surface area contributed by atoms with Crippen LogP contribution in [0.5, 0.6) is 0 Å². The van der Waals surface area contributed by atoms with E-state index in [1.54, 1.807) is 0 Å². The number of aliphatic hydroxyl groups is 1. The average Bonchev–Trinajstić information content (AvgIpc) is 2.80. The summed E-state index contributed by atoms with van der Waals surface area (Å²) in [5.74, 6) is 0.567. The standard InChI is InChI=1S/C14H21N3O2S/c1-8(2)19-6-5-17-7-11(18)12(13(17)15)14-16-9(3)10(4)20-14/h8,15,18H,5-7H2,1-4H3. The molecular formula is C14H21N3O2S. The van der Waals surface area contributed by atoms with Gasteiger partial charge in [-0.15, -0.1) is 11.3 Å². The van der Waals surface area contributed by atoms with Crippen LogP contribution in [0, 0.1) is 19.3 Å². The first-order valence-electron chi connectivity index (χ1n) is 6.72. The van der Waals surface area contributed by atoms with E-state index in [4.69, 9.17) is 10.1 Å². The average molecular weight is 295 g/mol. The number of aliphatic hydroxyl groups excluding tert-OH is 1. The Morgan fingerprint density at radius 2 is 2.15 bits per heavy atom. The normalized spacial score (nSPS) is 15.8. The van der Waals surface area contributed by atoms with Gasteiger partial charge in [0.05, 0.1) is 30.5 Å². The van der Waals surface area contributed by atoms with Crippen LogP contribution in [-0.2, 0) is 4.74 Å². The summed E-state index contributed by atoms with van der Waals surface area (Å²) in [6, 6.07) is 0. The van der Waals surface area contributed by atoms with Gasteiger partial charge in [-0.05, 0) is 27.7 Å². The van der Waals surface area contributed by atoms with E-state index in [1.165, 1.54) is 11.3 Å². The quantitative estimate of drug-likeness (QED) is 0.876. The highest BCUT2D eigenvalue weighted by atomic mass is 32.1. The van der Waals surface area contributed by atoms with Crippen LogP contribution < -0.4 is 0 Å². The number of amidine groups is 1. The van der Waals surface area contributed by atoms with Crippen LogP contribution in [0.15, 0.2) is 5.76 Å². The summed E-state index contributed by atoms with van der Waals surface area (Å²) in [5, 5.41) is 19.1. The van der Waals surface area contributed by atoms with Crippen LogP contribution in [0.2, 0.25) is 0 Å². The molecule has 0 atom stereocenters. The number of ether oxygens (including phenoxy) is 1. The summed E-state index contributed by atoms with van der Waals surface area (Å²) in [4.78, 5) is 7.38. The molecule has 110 valence electrons. The lowest BCUT2D eigenvalue weighted by atomic mass is 10.2. The van der Waals surface area contributed by atoms with Gasteiger partial charge in [0, 0.05) is 11.4 Å². The molecule has 2 rings (SSSR count). The Balaban J connectivity index is 2.08. The topological polar surface area (TPSA) is 69.4 Å². The van der Waals surface area contributed by atoms with Crippen molar-refractivity contribution in [3.63, 3.8) is 0 Å². The van der Waals surface area contributed by atoms with Gasteiger partial charge in [-0.2, -0.15) is 0 Å². The number of nitrogens with zero attached hydrogens (tertiary/aromatic N) is 2. The largest absolute Gasteiger partial charge is 0.510 e. The fraction of sp³-hybridized carbons (Fsp3) is 0.571. The Labute approximate surface area is 123 Å². The van der Waals surface area contributed by atoms with Crippen molar-refractivity contribution in [2.75, 3.05) is 19.7 Å². The molecule has 0 unspecified atom stereocenters. The number of nitrogens with one attached hydrogen (secondary N) is 1. The van der Waals surface area contributed by atoms with Crippen molar-refractivity contribution in [1.29, 1.82) is 5.41 Å². The lowest BCUT2D eigenvalue weighted by Gasteiger charge is -2.19. The Hall–Kier alpha value is -1.40. The van der Waals surface area contributed by atoms with Crippen molar-refractivity contribution in [3.8, 4) is 0 Å². The molecule has 2 heterocycles. The first-order chi connectivity index (χ1) is 9.40. The molecule has 1 aromatic heterocycles. The summed E-state index contributed by atoms with van der Waals surface area (Å²) >= 11 is 1.52. The Bertz CT molecular complexity index is 529. The van der Waals surface area contributed by atoms with Crippen LogP contribution in [0.4, 0.5) is 0 Å². The lowest BCUT2D eigenvalue weighted by molar-refractivity contribution is 0.0705. The number of hydrogen-bond donors (Lipinski definition) is 2. The second-order valence-electron chi connectivity index (χ2n) is 5.17. The molecule has 1 aromatic rings. The molecule has 0 saturated carbocycles. The minimum absolute atomic E-state index is 0.178. The second-order valence-corrected chi connectivity index (χ2v) is 6.38. The predicted octanol–water partition coefficient (Wildman–Crippen LogP) is 2.75. The smallest absolute Gasteiger partial charge is 0.135 e. The molecule has 20 heavy (non-hydrogen) atoms. The zero-order valence-electron chi connectivity index (χ0n) is 12.4. The highest BCUT2D eigenvalue weighted by Gasteiger charge is 2.30. The van der Waals surface area contributed by atoms with E-state index >= 15 is 0 Å². The summed E-state index contributed by atoms with van der Waals surface area (Å²) in [6.45, 7) is 9.44. The van der Waals surface area contributed by atoms with E-state index in [0.717, 1.165) is 15.6 Å². The molecule has 0 aliphatic carbocycles. The molecule has 0 fully saturated rings. The van der Waals surface area contributed by atoms with E-state index in [1.807, 2.05) is 32.6 Å². The van der Waals surface area contributed by atoms with Gasteiger partial charge in [-0.1, -0.05) is 0 Å². The van der Waals surface area contributed by atoms with Gasteiger partial charge in [-0.25, -0.2) is 4.98 Å². The van der Waals surface area contributed by atoms with Gasteiger partial charge in [-0.3, -0.25) is 5.41 Å². The van der Waals surface area contributed by atoms with Crippen molar-refractivity contribution >= 4 is 22.7 Å². The molecule has 2 N–H and O–H groups in total. The highest BCUT2D eigenvalue weighted by molar-refractivity contribution is 7.13. The molecule has 6 heteroatoms. The van der Waals surface area contributed by atoms with Crippen molar-refractivity contribution in [2.24, 2.45) is 0 Å². The molecule has 0 bridgehead atoms. The van der Waals surface area contributed by atoms with E-state index in [0.29, 0.717) is 31.1 Å². The van der Waals surface area contributed by atoms with Crippen molar-refractivity contribution < 1.29 is 9.84 Å². The lowest BCUT2D eigenvalue weighted by Crippen LogP contribution is -2.30. The maximum atomic E-state index is 10.1. The van der Waals surface area contributed by atoms with Gasteiger partial charge in [0.2, 0.25) is 0 Å². The second kappa shape index (κ2) is 5.93. The number of rotatable bonds is 5. The number of aryl methyl sites for hydroxylation is 2. The number of hydrogen-bond acceptors (Lipinski definition) is 5. The molecule has 0 spiro atoms. The van der Waals surface area contributed by atoms with Crippen LogP contribution >= 0.6 is 11.3 Å². The molecule has 1 aliphatic heterocycles. The van der Waals surface area contributed by atoms with Crippen molar-refractivity contribution in [3.05, 3.63) is 21.3 Å². The van der Waals surface area contributed by atoms with E-state index < -0.39 is 0 Å². The minimum atomic E-state index is 0.178. The van der Waals surface area contributed by atoms with E-state index in [-0.39, 0.29) is 11.9 Å². The summed E-state index contributed by atoms with van der Waals surface area (Å²) < 4.78 is 5.50. The molecule has 0 amide bonds. The maximum Gasteiger partial charge on any atom is 0.135 e. The van der Waals surface area contributed by atoms with Crippen molar-refractivity contribution in [1.82, 2.24) is 9.88 Å². The third-order valence-electron chi connectivity index (χ3n) is 3.24. The Morgan fingerprint density at radius 3 is 2.70 bits per heavy atom. The van der Waals surface area contributed by atoms with Crippen LogP contribution in [-0.4, -0.2) is 46.6 Å². The molecule has 0 aromatic carbocycles. The summed E-state index contributed by atoms with van der Waals surface area (Å²) in [7, 11) is 0. The number of thiazole rings is 1. The maximum absolute atomic E-state index is 10.1. The van der Waals surface area contributed by atoms with Gasteiger partial charge >= 0.3 is 0 Å². The molecule has 1 aliphatic rings. The monoisotopic (exact) mass is 295 g/mol. The molecular weight excluding hydrogens is 274 g/mol. The zero-order chi connectivity index (χ0) is 14.9. The fourth-order valence-corrected chi connectivity index (χ4v) is 3.01.